The topological polar surface area (TPSA) is 51.0 Å². The van der Waals surface area contributed by atoms with Gasteiger partial charge in [-0.2, -0.15) is 5.10 Å². The third-order valence-corrected chi connectivity index (χ3v) is 4.68. The lowest BCUT2D eigenvalue weighted by molar-refractivity contribution is -0.114. The number of carbonyl (C=O) groups excluding carboxylic acids is 1. The van der Waals surface area contributed by atoms with Crippen LogP contribution >= 0.6 is 23.4 Å². The van der Waals surface area contributed by atoms with E-state index < -0.39 is 0 Å². The van der Waals surface area contributed by atoms with Crippen LogP contribution in [0.1, 0.15) is 6.92 Å². The van der Waals surface area contributed by atoms with Gasteiger partial charge in [-0.1, -0.05) is 41.6 Å². The van der Waals surface area contributed by atoms with Gasteiger partial charge in [-0.25, -0.2) is 4.68 Å². The Labute approximate surface area is 161 Å². The molecule has 2 aromatic heterocycles. The maximum atomic E-state index is 12.6. The molecule has 1 amide bonds. The van der Waals surface area contributed by atoms with Crippen LogP contribution in [0.5, 0.6) is 0 Å². The van der Waals surface area contributed by atoms with Crippen molar-refractivity contribution in [1.29, 1.82) is 0 Å². The minimum Gasteiger partial charge on any atom is -0.305 e. The fraction of sp³-hybridized carbons (Fsp3) is 0.105. The number of pyridine rings is 1. The van der Waals surface area contributed by atoms with Gasteiger partial charge in [-0.3, -0.25) is 9.78 Å². The molecule has 132 valence electrons. The molecular formula is C19H17ClN4OS. The Balaban J connectivity index is 1.76. The Morgan fingerprint density at radius 2 is 2.08 bits per heavy atom. The molecule has 0 radical (unpaired) electrons. The monoisotopic (exact) mass is 384 g/mol. The Kier molecular flexibility index (Phi) is 6.09. The summed E-state index contributed by atoms with van der Waals surface area (Å²) >= 11 is 7.75. The lowest BCUT2D eigenvalue weighted by Gasteiger charge is -2.17. The fourth-order valence-corrected chi connectivity index (χ4v) is 3.24. The van der Waals surface area contributed by atoms with E-state index in [2.05, 4.69) is 10.1 Å². The van der Waals surface area contributed by atoms with Crippen molar-refractivity contribution >= 4 is 35.0 Å². The van der Waals surface area contributed by atoms with Crippen molar-refractivity contribution in [2.75, 3.05) is 11.4 Å². The van der Waals surface area contributed by atoms with E-state index in [1.807, 2.05) is 49.4 Å². The van der Waals surface area contributed by atoms with Crippen LogP contribution in [0.15, 0.2) is 77.4 Å². The molecule has 0 N–H and O–H groups in total. The zero-order valence-corrected chi connectivity index (χ0v) is 15.7. The molecule has 26 heavy (non-hydrogen) atoms. The smallest absolute Gasteiger partial charge is 0.251 e. The molecule has 0 unspecified atom stereocenters. The number of hydrogen-bond acceptors (Lipinski definition) is 4. The molecule has 0 aliphatic carbocycles. The zero-order valence-electron chi connectivity index (χ0n) is 14.1. The van der Waals surface area contributed by atoms with Crippen LogP contribution in [0.25, 0.3) is 5.69 Å². The number of nitrogens with zero attached hydrogens (tertiary/aromatic N) is 4. The quantitative estimate of drug-likeness (QED) is 0.461. The first-order valence-corrected chi connectivity index (χ1v) is 9.30. The summed E-state index contributed by atoms with van der Waals surface area (Å²) in [4.78, 5) is 19.3. The molecule has 0 aliphatic rings. The largest absolute Gasteiger partial charge is 0.305 e. The lowest BCUT2D eigenvalue weighted by atomic mass is 10.4. The van der Waals surface area contributed by atoms with Crippen LogP contribution < -0.4 is 4.90 Å². The third kappa shape index (κ3) is 4.33. The van der Waals surface area contributed by atoms with Crippen LogP contribution in [-0.4, -0.2) is 27.2 Å². The number of carbonyl (C=O) groups is 1. The SMILES string of the molecule is CCN(C(=O)C=CSc1ccccc1)c1cn(-c2cccnc2)nc1Cl. The van der Waals surface area contributed by atoms with Gasteiger partial charge in [0, 0.05) is 23.7 Å². The molecule has 1 aromatic carbocycles. The van der Waals surface area contributed by atoms with E-state index in [0.717, 1.165) is 10.6 Å². The Bertz CT molecular complexity index is 896. The summed E-state index contributed by atoms with van der Waals surface area (Å²) in [7, 11) is 0. The Morgan fingerprint density at radius 3 is 2.77 bits per heavy atom. The van der Waals surface area contributed by atoms with E-state index in [1.165, 1.54) is 11.8 Å². The molecule has 0 spiro atoms. The van der Waals surface area contributed by atoms with E-state index in [-0.39, 0.29) is 11.1 Å². The van der Waals surface area contributed by atoms with Gasteiger partial charge < -0.3 is 4.90 Å². The Morgan fingerprint density at radius 1 is 1.27 bits per heavy atom. The summed E-state index contributed by atoms with van der Waals surface area (Å²) in [6.45, 7) is 2.38. The van der Waals surface area contributed by atoms with Crippen LogP contribution in [-0.2, 0) is 4.79 Å². The van der Waals surface area contributed by atoms with Crippen molar-refractivity contribution < 1.29 is 4.79 Å². The highest BCUT2D eigenvalue weighted by Gasteiger charge is 2.18. The summed E-state index contributed by atoms with van der Waals surface area (Å²) in [5.41, 5.74) is 1.34. The molecule has 7 heteroatoms. The summed E-state index contributed by atoms with van der Waals surface area (Å²) in [6, 6.07) is 13.6. The van der Waals surface area contributed by atoms with E-state index in [1.54, 1.807) is 39.7 Å². The first-order valence-electron chi connectivity index (χ1n) is 8.04. The second kappa shape index (κ2) is 8.69. The van der Waals surface area contributed by atoms with E-state index in [0.29, 0.717) is 12.2 Å². The molecule has 0 aliphatic heterocycles. The average Bonchev–Trinajstić information content (AvgIpc) is 3.06. The van der Waals surface area contributed by atoms with Gasteiger partial charge >= 0.3 is 0 Å². The van der Waals surface area contributed by atoms with Crippen molar-refractivity contribution in [2.24, 2.45) is 0 Å². The molecule has 0 fully saturated rings. The van der Waals surface area contributed by atoms with Crippen molar-refractivity contribution in [1.82, 2.24) is 14.8 Å². The zero-order chi connectivity index (χ0) is 18.4. The number of likely N-dealkylation sites (N-methyl/N-ethyl adjacent to an activating group) is 1. The number of rotatable bonds is 6. The van der Waals surface area contributed by atoms with Gasteiger partial charge in [0.15, 0.2) is 5.15 Å². The molecule has 0 saturated carbocycles. The van der Waals surface area contributed by atoms with Crippen LogP contribution in [0.2, 0.25) is 5.15 Å². The maximum absolute atomic E-state index is 12.6. The van der Waals surface area contributed by atoms with E-state index >= 15 is 0 Å². The molecule has 0 saturated heterocycles. The molecule has 2 heterocycles. The summed E-state index contributed by atoms with van der Waals surface area (Å²) in [5.74, 6) is -0.149. The van der Waals surface area contributed by atoms with Crippen molar-refractivity contribution in [2.45, 2.75) is 11.8 Å². The normalized spacial score (nSPS) is 11.0. The van der Waals surface area contributed by atoms with Crippen LogP contribution in [0, 0.1) is 0 Å². The Hall–Kier alpha value is -2.57. The minimum absolute atomic E-state index is 0.149. The molecule has 0 bridgehead atoms. The summed E-state index contributed by atoms with van der Waals surface area (Å²) in [5, 5.41) is 6.33. The average molecular weight is 385 g/mol. The van der Waals surface area contributed by atoms with E-state index in [4.69, 9.17) is 11.6 Å². The molecule has 0 atom stereocenters. The highest BCUT2D eigenvalue weighted by atomic mass is 35.5. The van der Waals surface area contributed by atoms with Crippen molar-refractivity contribution in [3.05, 3.63) is 77.7 Å². The standard InChI is InChI=1S/C19H17ClN4OS/c1-2-23(18(25)10-12-26-16-8-4-3-5-9-16)17-14-24(22-19(17)20)15-7-6-11-21-13-15/h3-14H,2H2,1H3. The van der Waals surface area contributed by atoms with Gasteiger partial charge in [0.05, 0.1) is 18.1 Å². The predicted molar refractivity (Wildman–Crippen MR) is 106 cm³/mol. The number of aromatic nitrogens is 3. The molecular weight excluding hydrogens is 368 g/mol. The fourth-order valence-electron chi connectivity index (χ4n) is 2.35. The predicted octanol–water partition coefficient (Wildman–Crippen LogP) is 4.58. The highest BCUT2D eigenvalue weighted by molar-refractivity contribution is 8.02. The molecule has 5 nitrogen and oxygen atoms in total. The first-order chi connectivity index (χ1) is 12.7. The number of hydrogen-bond donors (Lipinski definition) is 0. The molecule has 3 aromatic rings. The highest BCUT2D eigenvalue weighted by Crippen LogP contribution is 2.26. The number of anilines is 1. The first kappa shape index (κ1) is 18.2. The minimum atomic E-state index is -0.149. The second-order valence-electron chi connectivity index (χ2n) is 5.28. The van der Waals surface area contributed by atoms with Crippen LogP contribution in [0.4, 0.5) is 5.69 Å². The lowest BCUT2D eigenvalue weighted by Crippen LogP contribution is -2.28. The van der Waals surface area contributed by atoms with Gasteiger partial charge in [-0.15, -0.1) is 0 Å². The van der Waals surface area contributed by atoms with Gasteiger partial charge in [-0.05, 0) is 36.6 Å². The van der Waals surface area contributed by atoms with Crippen molar-refractivity contribution in [3.8, 4) is 5.69 Å². The second-order valence-corrected chi connectivity index (χ2v) is 6.61. The van der Waals surface area contributed by atoms with Gasteiger partial charge in [0.1, 0.15) is 5.69 Å². The van der Waals surface area contributed by atoms with Crippen LogP contribution in [0.3, 0.4) is 0 Å². The third-order valence-electron chi connectivity index (χ3n) is 3.59. The maximum Gasteiger partial charge on any atom is 0.251 e. The number of benzene rings is 1. The molecule has 3 rings (SSSR count). The number of halogens is 1. The van der Waals surface area contributed by atoms with Gasteiger partial charge in [0.2, 0.25) is 0 Å². The van der Waals surface area contributed by atoms with E-state index in [9.17, 15) is 4.79 Å². The van der Waals surface area contributed by atoms with Gasteiger partial charge in [0.25, 0.3) is 5.91 Å². The summed E-state index contributed by atoms with van der Waals surface area (Å²) in [6.07, 6.45) is 6.64. The number of thioether (sulfide) groups is 1. The van der Waals surface area contributed by atoms with Crippen molar-refractivity contribution in [3.63, 3.8) is 0 Å². The summed E-state index contributed by atoms with van der Waals surface area (Å²) < 4.78 is 1.61. The number of amides is 1.